The van der Waals surface area contributed by atoms with Crippen molar-refractivity contribution in [3.8, 4) is 11.1 Å². The fourth-order valence-electron chi connectivity index (χ4n) is 1.66. The Bertz CT molecular complexity index is 524. The zero-order chi connectivity index (χ0) is 13.4. The van der Waals surface area contributed by atoms with Gasteiger partial charge < -0.3 is 11.5 Å². The van der Waals surface area contributed by atoms with Crippen LogP contribution in [-0.4, -0.2) is 0 Å². The van der Waals surface area contributed by atoms with Crippen LogP contribution in [0, 0.1) is 0 Å². The molecule has 2 rings (SSSR count). The van der Waals surface area contributed by atoms with E-state index in [2.05, 4.69) is 63.7 Å². The Balaban J connectivity index is 2.78. The summed E-state index contributed by atoms with van der Waals surface area (Å²) >= 11 is 14.2. The minimum atomic E-state index is 0.695. The van der Waals surface area contributed by atoms with Gasteiger partial charge in [-0.15, -0.1) is 0 Å². The number of hydrogen-bond donors (Lipinski definition) is 2. The van der Waals surface area contributed by atoms with Gasteiger partial charge in [-0.3, -0.25) is 0 Å². The highest BCUT2D eigenvalue weighted by atomic mass is 79.9. The van der Waals surface area contributed by atoms with Gasteiger partial charge in [0.2, 0.25) is 0 Å². The molecule has 0 unspecified atom stereocenters. The molecule has 0 radical (unpaired) electrons. The summed E-state index contributed by atoms with van der Waals surface area (Å²) in [4.78, 5) is 0. The van der Waals surface area contributed by atoms with Crippen LogP contribution in [0.25, 0.3) is 11.1 Å². The van der Waals surface area contributed by atoms with Crippen molar-refractivity contribution in [3.05, 3.63) is 42.2 Å². The number of hydrogen-bond acceptors (Lipinski definition) is 2. The van der Waals surface area contributed by atoms with E-state index in [9.17, 15) is 0 Å². The molecule has 0 atom stereocenters. The van der Waals surface area contributed by atoms with Gasteiger partial charge in [0, 0.05) is 40.4 Å². The first-order chi connectivity index (χ1) is 8.40. The van der Waals surface area contributed by atoms with Crippen LogP contribution in [0.5, 0.6) is 0 Å². The second kappa shape index (κ2) is 5.53. The highest BCUT2D eigenvalue weighted by Gasteiger charge is 2.15. The van der Waals surface area contributed by atoms with E-state index >= 15 is 0 Å². The van der Waals surface area contributed by atoms with Crippen LogP contribution < -0.4 is 11.5 Å². The first-order valence-electron chi connectivity index (χ1n) is 4.89. The van der Waals surface area contributed by atoms with Crippen LogP contribution >= 0.6 is 63.7 Å². The normalized spacial score (nSPS) is 10.7. The molecule has 0 heterocycles. The van der Waals surface area contributed by atoms with E-state index < -0.39 is 0 Å². The zero-order valence-electron chi connectivity index (χ0n) is 8.98. The van der Waals surface area contributed by atoms with Crippen molar-refractivity contribution in [1.82, 2.24) is 0 Å². The van der Waals surface area contributed by atoms with Gasteiger partial charge in [0.1, 0.15) is 0 Å². The van der Waals surface area contributed by atoms with Gasteiger partial charge in [0.25, 0.3) is 0 Å². The van der Waals surface area contributed by atoms with Gasteiger partial charge in [0.15, 0.2) is 0 Å². The summed E-state index contributed by atoms with van der Waals surface area (Å²) in [6.45, 7) is 0. The fraction of sp³-hybridized carbons (Fsp3) is 0. The maximum Gasteiger partial charge on any atom is 0.0337 e. The van der Waals surface area contributed by atoms with Crippen LogP contribution in [0.3, 0.4) is 0 Å². The molecule has 0 saturated heterocycles. The molecule has 2 nitrogen and oxygen atoms in total. The van der Waals surface area contributed by atoms with Crippen molar-refractivity contribution in [3.63, 3.8) is 0 Å². The topological polar surface area (TPSA) is 52.0 Å². The monoisotopic (exact) mass is 496 g/mol. The third-order valence-electron chi connectivity index (χ3n) is 2.38. The Morgan fingerprint density at radius 3 is 1.00 bits per heavy atom. The third-order valence-corrected chi connectivity index (χ3v) is 4.88. The predicted molar refractivity (Wildman–Crippen MR) is 91.5 cm³/mol. The molecule has 18 heavy (non-hydrogen) atoms. The van der Waals surface area contributed by atoms with E-state index in [1.807, 2.05) is 24.3 Å². The van der Waals surface area contributed by atoms with Crippen molar-refractivity contribution in [1.29, 1.82) is 0 Å². The summed E-state index contributed by atoms with van der Waals surface area (Å²) in [5.41, 5.74) is 15.0. The van der Waals surface area contributed by atoms with E-state index in [1.165, 1.54) is 0 Å². The van der Waals surface area contributed by atoms with Crippen molar-refractivity contribution in [2.45, 2.75) is 0 Å². The smallest absolute Gasteiger partial charge is 0.0337 e. The van der Waals surface area contributed by atoms with Crippen molar-refractivity contribution in [2.24, 2.45) is 0 Å². The maximum absolute atomic E-state index is 5.80. The van der Waals surface area contributed by atoms with Crippen LogP contribution in [0.1, 0.15) is 0 Å². The van der Waals surface area contributed by atoms with E-state index in [-0.39, 0.29) is 0 Å². The van der Waals surface area contributed by atoms with Gasteiger partial charge in [-0.25, -0.2) is 0 Å². The molecule has 4 N–H and O–H groups in total. The summed E-state index contributed by atoms with van der Waals surface area (Å²) in [5.74, 6) is 0. The summed E-state index contributed by atoms with van der Waals surface area (Å²) in [7, 11) is 0. The minimum Gasteiger partial charge on any atom is -0.399 e. The Morgan fingerprint density at radius 1 is 0.556 bits per heavy atom. The Morgan fingerprint density at radius 2 is 0.778 bits per heavy atom. The number of anilines is 2. The number of nitrogen functional groups attached to an aromatic ring is 2. The van der Waals surface area contributed by atoms with Crippen molar-refractivity contribution < 1.29 is 0 Å². The van der Waals surface area contributed by atoms with E-state index in [0.29, 0.717) is 11.4 Å². The van der Waals surface area contributed by atoms with Gasteiger partial charge >= 0.3 is 0 Å². The molecule has 0 fully saturated rings. The van der Waals surface area contributed by atoms with Gasteiger partial charge in [-0.2, -0.15) is 0 Å². The maximum atomic E-state index is 5.80. The zero-order valence-corrected chi connectivity index (χ0v) is 15.3. The molecule has 2 aromatic rings. The van der Waals surface area contributed by atoms with Crippen LogP contribution in [0.15, 0.2) is 42.2 Å². The average molecular weight is 500 g/mol. The van der Waals surface area contributed by atoms with E-state index in [0.717, 1.165) is 29.0 Å². The number of halogens is 4. The largest absolute Gasteiger partial charge is 0.399 e. The SMILES string of the molecule is Nc1cc(Br)c(-c2c(Br)cc(N)cc2Br)c(Br)c1. The molecule has 94 valence electrons. The molecule has 0 amide bonds. The lowest BCUT2D eigenvalue weighted by molar-refractivity contribution is 1.50. The lowest BCUT2D eigenvalue weighted by Gasteiger charge is -2.13. The lowest BCUT2D eigenvalue weighted by Crippen LogP contribution is -1.92. The second-order valence-electron chi connectivity index (χ2n) is 3.72. The summed E-state index contributed by atoms with van der Waals surface area (Å²) in [5, 5.41) is 0. The molecular weight excluding hydrogens is 492 g/mol. The Kier molecular flexibility index (Phi) is 4.41. The number of benzene rings is 2. The van der Waals surface area contributed by atoms with E-state index in [4.69, 9.17) is 11.5 Å². The first-order valence-corrected chi connectivity index (χ1v) is 8.06. The van der Waals surface area contributed by atoms with Crippen molar-refractivity contribution >= 4 is 75.1 Å². The summed E-state index contributed by atoms with van der Waals surface area (Å²) in [6.07, 6.45) is 0. The highest BCUT2D eigenvalue weighted by Crippen LogP contribution is 2.44. The molecule has 0 aliphatic carbocycles. The number of rotatable bonds is 1. The number of nitrogens with two attached hydrogens (primary N) is 2. The molecule has 2 aromatic carbocycles. The first kappa shape index (κ1) is 14.4. The Hall–Kier alpha value is -0.0400. The minimum absolute atomic E-state index is 0.695. The molecular formula is C12H8Br4N2. The molecule has 0 spiro atoms. The predicted octanol–water partition coefficient (Wildman–Crippen LogP) is 5.57. The molecule has 0 bridgehead atoms. The average Bonchev–Trinajstić information content (AvgIpc) is 2.20. The Labute approximate surface area is 139 Å². The summed E-state index contributed by atoms with van der Waals surface area (Å²) < 4.78 is 3.67. The summed E-state index contributed by atoms with van der Waals surface area (Å²) in [6, 6.07) is 7.48. The molecule has 0 aliphatic heterocycles. The molecule has 6 heteroatoms. The highest BCUT2D eigenvalue weighted by molar-refractivity contribution is 9.11. The van der Waals surface area contributed by atoms with E-state index in [1.54, 1.807) is 0 Å². The lowest BCUT2D eigenvalue weighted by atomic mass is 10.0. The molecule has 0 saturated carbocycles. The van der Waals surface area contributed by atoms with Crippen LogP contribution in [0.2, 0.25) is 0 Å². The van der Waals surface area contributed by atoms with Gasteiger partial charge in [0.05, 0.1) is 0 Å². The third kappa shape index (κ3) is 2.76. The van der Waals surface area contributed by atoms with Crippen LogP contribution in [-0.2, 0) is 0 Å². The van der Waals surface area contributed by atoms with Crippen LogP contribution in [0.4, 0.5) is 11.4 Å². The van der Waals surface area contributed by atoms with Gasteiger partial charge in [-0.1, -0.05) is 63.7 Å². The molecule has 0 aliphatic rings. The molecule has 0 aromatic heterocycles. The van der Waals surface area contributed by atoms with Crippen molar-refractivity contribution in [2.75, 3.05) is 11.5 Å². The second-order valence-corrected chi connectivity index (χ2v) is 7.14. The van der Waals surface area contributed by atoms with Gasteiger partial charge in [-0.05, 0) is 24.3 Å². The quantitative estimate of drug-likeness (QED) is 0.504. The fourth-order valence-corrected chi connectivity index (χ4v) is 4.90. The standard InChI is InChI=1S/C12H8Br4N2/c13-7-1-5(17)2-8(14)11(7)12-9(15)3-6(18)4-10(12)16/h1-4H,17-18H2.